The van der Waals surface area contributed by atoms with Gasteiger partial charge in [0.1, 0.15) is 5.54 Å². The second kappa shape index (κ2) is 5.16. The van der Waals surface area contributed by atoms with Gasteiger partial charge in [0.05, 0.1) is 0 Å². The van der Waals surface area contributed by atoms with E-state index < -0.39 is 5.54 Å². The van der Waals surface area contributed by atoms with Crippen molar-refractivity contribution in [1.82, 2.24) is 15.5 Å². The number of carbonyl (C=O) groups excluding carboxylic acids is 3. The summed E-state index contributed by atoms with van der Waals surface area (Å²) in [4.78, 5) is 35.8. The van der Waals surface area contributed by atoms with Gasteiger partial charge in [-0.25, -0.2) is 4.79 Å². The van der Waals surface area contributed by atoms with Crippen molar-refractivity contribution in [3.8, 4) is 0 Å². The molecule has 1 atom stereocenters. The van der Waals surface area contributed by atoms with Crippen molar-refractivity contribution < 1.29 is 14.4 Å². The smallest absolute Gasteiger partial charge is 0.325 e. The predicted octanol–water partition coefficient (Wildman–Crippen LogP) is 0.233. The largest absolute Gasteiger partial charge is 0.359 e. The highest BCUT2D eigenvalue weighted by Crippen LogP contribution is 2.25. The number of nitrogens with one attached hydrogen (secondary N) is 2. The Hall–Kier alpha value is -1.59. The summed E-state index contributed by atoms with van der Waals surface area (Å²) in [7, 11) is 1.57. The average molecular weight is 241 g/mol. The van der Waals surface area contributed by atoms with E-state index in [0.717, 1.165) is 0 Å². The van der Waals surface area contributed by atoms with Crippen molar-refractivity contribution >= 4 is 17.8 Å². The summed E-state index contributed by atoms with van der Waals surface area (Å²) in [6.07, 6.45) is 1.47. The zero-order chi connectivity index (χ0) is 13.1. The molecular weight excluding hydrogens is 222 g/mol. The number of carbonyl (C=O) groups is 3. The van der Waals surface area contributed by atoms with Crippen LogP contribution >= 0.6 is 0 Å². The van der Waals surface area contributed by atoms with Crippen LogP contribution in [0.3, 0.4) is 0 Å². The summed E-state index contributed by atoms with van der Waals surface area (Å²) in [6, 6.07) is -0.365. The monoisotopic (exact) mass is 241 g/mol. The van der Waals surface area contributed by atoms with E-state index >= 15 is 0 Å². The van der Waals surface area contributed by atoms with Gasteiger partial charge in [0.25, 0.3) is 5.91 Å². The average Bonchev–Trinajstić information content (AvgIpc) is 2.52. The molecule has 17 heavy (non-hydrogen) atoms. The molecule has 1 fully saturated rings. The van der Waals surface area contributed by atoms with Gasteiger partial charge in [0.2, 0.25) is 5.91 Å². The summed E-state index contributed by atoms with van der Waals surface area (Å²) >= 11 is 0. The molecule has 0 aromatic rings. The standard InChI is InChI=1S/C11H19N3O3/c1-4-11(2)9(16)13-10(17)14(11)7-5-6-8(15)12-3/h4-7H2,1-3H3,(H,12,15)(H,13,16,17). The molecule has 1 aliphatic rings. The number of hydrogen-bond acceptors (Lipinski definition) is 3. The molecular formula is C11H19N3O3. The molecule has 0 saturated carbocycles. The molecule has 1 saturated heterocycles. The molecule has 0 aromatic heterocycles. The Kier molecular flexibility index (Phi) is 4.09. The van der Waals surface area contributed by atoms with Crippen LogP contribution in [0.2, 0.25) is 0 Å². The molecule has 0 radical (unpaired) electrons. The number of amides is 4. The predicted molar refractivity (Wildman–Crippen MR) is 62.2 cm³/mol. The second-order valence-corrected chi connectivity index (χ2v) is 4.32. The fraction of sp³-hybridized carbons (Fsp3) is 0.727. The number of rotatable bonds is 5. The molecule has 1 heterocycles. The van der Waals surface area contributed by atoms with Crippen LogP contribution in [0.15, 0.2) is 0 Å². The van der Waals surface area contributed by atoms with Crippen LogP contribution in [0.5, 0.6) is 0 Å². The Labute approximate surface area is 101 Å². The van der Waals surface area contributed by atoms with Gasteiger partial charge < -0.3 is 10.2 Å². The molecule has 6 heteroatoms. The summed E-state index contributed by atoms with van der Waals surface area (Å²) < 4.78 is 0. The highest BCUT2D eigenvalue weighted by molar-refractivity contribution is 6.06. The SMILES string of the molecule is CCC1(C)C(=O)NC(=O)N1CCCC(=O)NC. The highest BCUT2D eigenvalue weighted by Gasteiger charge is 2.47. The van der Waals surface area contributed by atoms with Gasteiger partial charge in [0, 0.05) is 20.0 Å². The van der Waals surface area contributed by atoms with E-state index in [4.69, 9.17) is 0 Å². The van der Waals surface area contributed by atoms with Gasteiger partial charge in [-0.15, -0.1) is 0 Å². The summed E-state index contributed by atoms with van der Waals surface area (Å²) in [5.74, 6) is -0.320. The third-order valence-corrected chi connectivity index (χ3v) is 3.30. The number of imide groups is 1. The normalized spacial score (nSPS) is 23.8. The quantitative estimate of drug-likeness (QED) is 0.676. The highest BCUT2D eigenvalue weighted by atomic mass is 16.2. The lowest BCUT2D eigenvalue weighted by Gasteiger charge is -2.30. The van der Waals surface area contributed by atoms with Crippen LogP contribution in [0.1, 0.15) is 33.1 Å². The Morgan fingerprint density at radius 2 is 2.12 bits per heavy atom. The lowest BCUT2D eigenvalue weighted by Crippen LogP contribution is -2.47. The Balaban J connectivity index is 2.59. The van der Waals surface area contributed by atoms with Crippen LogP contribution in [-0.4, -0.2) is 41.9 Å². The molecule has 0 aliphatic carbocycles. The van der Waals surface area contributed by atoms with Crippen LogP contribution < -0.4 is 10.6 Å². The van der Waals surface area contributed by atoms with E-state index in [1.54, 1.807) is 14.0 Å². The van der Waals surface area contributed by atoms with E-state index in [-0.39, 0.29) is 17.8 Å². The van der Waals surface area contributed by atoms with Crippen molar-refractivity contribution in [3.63, 3.8) is 0 Å². The Morgan fingerprint density at radius 3 is 2.65 bits per heavy atom. The van der Waals surface area contributed by atoms with E-state index in [1.165, 1.54) is 4.90 Å². The van der Waals surface area contributed by atoms with Crippen LogP contribution in [0, 0.1) is 0 Å². The van der Waals surface area contributed by atoms with E-state index in [0.29, 0.717) is 25.8 Å². The maximum atomic E-state index is 11.6. The van der Waals surface area contributed by atoms with Crippen LogP contribution in [0.4, 0.5) is 4.79 Å². The van der Waals surface area contributed by atoms with Gasteiger partial charge in [-0.1, -0.05) is 6.92 Å². The molecule has 6 nitrogen and oxygen atoms in total. The maximum absolute atomic E-state index is 11.6. The number of nitrogens with zero attached hydrogens (tertiary/aromatic N) is 1. The van der Waals surface area contributed by atoms with Crippen molar-refractivity contribution in [2.45, 2.75) is 38.6 Å². The number of hydrogen-bond donors (Lipinski definition) is 2. The zero-order valence-electron chi connectivity index (χ0n) is 10.5. The minimum Gasteiger partial charge on any atom is -0.359 e. The molecule has 0 spiro atoms. The van der Waals surface area contributed by atoms with Gasteiger partial charge in [-0.2, -0.15) is 0 Å². The van der Waals surface area contributed by atoms with Crippen LogP contribution in [-0.2, 0) is 9.59 Å². The first-order chi connectivity index (χ1) is 7.95. The van der Waals surface area contributed by atoms with E-state index in [2.05, 4.69) is 10.6 Å². The third-order valence-electron chi connectivity index (χ3n) is 3.30. The van der Waals surface area contributed by atoms with Gasteiger partial charge in [-0.05, 0) is 19.8 Å². The van der Waals surface area contributed by atoms with E-state index in [9.17, 15) is 14.4 Å². The zero-order valence-corrected chi connectivity index (χ0v) is 10.5. The molecule has 96 valence electrons. The first-order valence-corrected chi connectivity index (χ1v) is 5.79. The molecule has 1 aliphatic heterocycles. The van der Waals surface area contributed by atoms with Gasteiger partial charge >= 0.3 is 6.03 Å². The minimum atomic E-state index is -0.778. The molecule has 4 amide bonds. The summed E-state index contributed by atoms with van der Waals surface area (Å²) in [5, 5.41) is 4.83. The first-order valence-electron chi connectivity index (χ1n) is 5.79. The maximum Gasteiger partial charge on any atom is 0.325 e. The fourth-order valence-electron chi connectivity index (χ4n) is 1.87. The van der Waals surface area contributed by atoms with Crippen LogP contribution in [0.25, 0.3) is 0 Å². The molecule has 1 unspecified atom stereocenters. The summed E-state index contributed by atoms with van der Waals surface area (Å²) in [6.45, 7) is 4.02. The van der Waals surface area contributed by atoms with E-state index in [1.807, 2.05) is 6.92 Å². The lowest BCUT2D eigenvalue weighted by atomic mass is 9.97. The Bertz CT molecular complexity index is 343. The molecule has 2 N–H and O–H groups in total. The van der Waals surface area contributed by atoms with Crippen molar-refractivity contribution in [3.05, 3.63) is 0 Å². The van der Waals surface area contributed by atoms with Crippen molar-refractivity contribution in [2.24, 2.45) is 0 Å². The Morgan fingerprint density at radius 1 is 1.47 bits per heavy atom. The molecule has 1 rings (SSSR count). The number of urea groups is 1. The lowest BCUT2D eigenvalue weighted by molar-refractivity contribution is -0.126. The summed E-state index contributed by atoms with van der Waals surface area (Å²) in [5.41, 5.74) is -0.778. The third kappa shape index (κ3) is 2.57. The molecule has 0 aromatic carbocycles. The second-order valence-electron chi connectivity index (χ2n) is 4.32. The van der Waals surface area contributed by atoms with Crippen molar-refractivity contribution in [2.75, 3.05) is 13.6 Å². The molecule has 0 bridgehead atoms. The topological polar surface area (TPSA) is 78.5 Å². The van der Waals surface area contributed by atoms with Crippen molar-refractivity contribution in [1.29, 1.82) is 0 Å². The van der Waals surface area contributed by atoms with Gasteiger partial charge in [-0.3, -0.25) is 14.9 Å². The fourth-order valence-corrected chi connectivity index (χ4v) is 1.87. The first kappa shape index (κ1) is 13.5. The van der Waals surface area contributed by atoms with Gasteiger partial charge in [0.15, 0.2) is 0 Å². The minimum absolute atomic E-state index is 0.0610.